The van der Waals surface area contributed by atoms with Crippen LogP contribution in [0.5, 0.6) is 0 Å². The number of carboxylic acid groups (broad SMARTS) is 1. The van der Waals surface area contributed by atoms with Crippen molar-refractivity contribution in [1.29, 1.82) is 0 Å². The molecule has 6 nitrogen and oxygen atoms in total. The Morgan fingerprint density at radius 1 is 1.39 bits per heavy atom. The lowest BCUT2D eigenvalue weighted by atomic mass is 10.2. The maximum absolute atomic E-state index is 11.5. The smallest absolute Gasteiger partial charge is 0.308 e. The summed E-state index contributed by atoms with van der Waals surface area (Å²) < 4.78 is 26.6. The minimum absolute atomic E-state index is 0. The predicted molar refractivity (Wildman–Crippen MR) is 61.3 cm³/mol. The Balaban J connectivity index is 0. The first-order valence-electron chi connectivity index (χ1n) is 6.77. The molecule has 0 amide bonds. The molecule has 18 heavy (non-hydrogen) atoms. The van der Waals surface area contributed by atoms with Gasteiger partial charge in [-0.15, -0.1) is 0 Å². The highest BCUT2D eigenvalue weighted by Crippen LogP contribution is 2.07. The number of nitrogens with zero attached hydrogens (tertiary/aromatic N) is 1. The van der Waals surface area contributed by atoms with Gasteiger partial charge in [0.15, 0.2) is 6.10 Å². The van der Waals surface area contributed by atoms with Gasteiger partial charge in [-0.3, -0.25) is 9.59 Å². The minimum atomic E-state index is -2.35. The van der Waals surface area contributed by atoms with Crippen LogP contribution in [0.3, 0.4) is 0 Å². The molecule has 0 fully saturated rings. The molecule has 0 saturated carbocycles. The Labute approximate surface area is 118 Å². The van der Waals surface area contributed by atoms with Crippen LogP contribution in [0, 0.1) is 0 Å². The van der Waals surface area contributed by atoms with E-state index in [0.29, 0.717) is 0 Å². The van der Waals surface area contributed by atoms with Crippen molar-refractivity contribution in [1.82, 2.24) is 0 Å². The first-order valence-corrected chi connectivity index (χ1v) is 5.27. The Hall–Kier alpha value is -0.850. The van der Waals surface area contributed by atoms with Crippen LogP contribution in [0.4, 0.5) is 0 Å². The van der Waals surface area contributed by atoms with Gasteiger partial charge in [-0.05, 0) is 6.92 Å². The molecule has 0 heterocycles. The third-order valence-corrected chi connectivity index (χ3v) is 1.82. The second-order valence-electron chi connectivity index (χ2n) is 4.63. The molecule has 0 aromatic rings. The van der Waals surface area contributed by atoms with E-state index in [4.69, 9.17) is 19.1 Å². The topological polar surface area (TPSA) is 83.8 Å². The molecule has 2 N–H and O–H groups in total. The van der Waals surface area contributed by atoms with Crippen molar-refractivity contribution in [2.75, 3.05) is 27.6 Å². The van der Waals surface area contributed by atoms with Gasteiger partial charge in [-0.25, -0.2) is 0 Å². The third-order valence-electron chi connectivity index (χ3n) is 1.82. The lowest BCUT2D eigenvalue weighted by Gasteiger charge is -2.28. The van der Waals surface area contributed by atoms with Crippen LogP contribution in [-0.2, 0) is 14.3 Å². The molecular formula is C11H22ClNO5. The zero-order valence-electron chi connectivity index (χ0n) is 13.7. The Morgan fingerprint density at radius 3 is 2.33 bits per heavy atom. The zero-order valence-corrected chi connectivity index (χ0v) is 11.5. The normalized spacial score (nSPS) is 17.4. The number of ether oxygens (including phenoxy) is 1. The van der Waals surface area contributed by atoms with Crippen LogP contribution in [-0.4, -0.2) is 66.5 Å². The predicted octanol–water partition coefficient (Wildman–Crippen LogP) is -3.15. The van der Waals surface area contributed by atoms with Crippen LogP contribution in [0.25, 0.3) is 0 Å². The Bertz CT molecular complexity index is 360. The number of halogens is 1. The molecule has 0 spiro atoms. The molecule has 0 bridgehead atoms. The van der Waals surface area contributed by atoms with Crippen LogP contribution in [0.15, 0.2) is 0 Å². The van der Waals surface area contributed by atoms with E-state index in [1.165, 1.54) is 21.0 Å². The second kappa shape index (κ2) is 8.29. The number of likely N-dealkylation sites (N-methyl/N-ethyl adjacent to an activating group) is 1. The maximum Gasteiger partial charge on any atom is 0.308 e. The maximum atomic E-state index is 11.5. The molecule has 0 aliphatic heterocycles. The van der Waals surface area contributed by atoms with Crippen molar-refractivity contribution in [3.8, 4) is 0 Å². The monoisotopic (exact) mass is 286 g/mol. The second-order valence-corrected chi connectivity index (χ2v) is 4.63. The van der Waals surface area contributed by atoms with Gasteiger partial charge in [0.05, 0.1) is 44.1 Å². The summed E-state index contributed by atoms with van der Waals surface area (Å²) in [7, 11) is 2.81. The van der Waals surface area contributed by atoms with Crippen molar-refractivity contribution in [3.63, 3.8) is 0 Å². The first kappa shape index (κ1) is 13.6. The Morgan fingerprint density at radius 2 is 1.94 bits per heavy atom. The van der Waals surface area contributed by atoms with Crippen molar-refractivity contribution in [3.05, 3.63) is 0 Å². The van der Waals surface area contributed by atoms with E-state index < -0.39 is 42.0 Å². The molecule has 1 unspecified atom stereocenters. The fourth-order valence-corrected chi connectivity index (χ4v) is 1.32. The molecule has 108 valence electrons. The fourth-order valence-electron chi connectivity index (χ4n) is 1.32. The lowest BCUT2D eigenvalue weighted by molar-refractivity contribution is -0.873. The zero-order chi connectivity index (χ0) is 16.1. The van der Waals surface area contributed by atoms with Gasteiger partial charge >= 0.3 is 11.9 Å². The molecule has 0 saturated heterocycles. The minimum Gasteiger partial charge on any atom is -1.00 e. The molecule has 0 radical (unpaired) electrons. The number of carboxylic acids is 1. The van der Waals surface area contributed by atoms with Crippen LogP contribution in [0.1, 0.15) is 23.9 Å². The van der Waals surface area contributed by atoms with Crippen LogP contribution in [0.2, 0.25) is 0 Å². The van der Waals surface area contributed by atoms with Gasteiger partial charge in [0.2, 0.25) is 0 Å². The third kappa shape index (κ3) is 11.6. The summed E-state index contributed by atoms with van der Waals surface area (Å²) in [6, 6.07) is 0. The van der Waals surface area contributed by atoms with Gasteiger partial charge in [0.1, 0.15) is 6.54 Å². The van der Waals surface area contributed by atoms with Crippen molar-refractivity contribution >= 4 is 11.9 Å². The molecule has 2 atom stereocenters. The van der Waals surface area contributed by atoms with E-state index in [1.54, 1.807) is 0 Å². The molecule has 0 aliphatic carbocycles. The summed E-state index contributed by atoms with van der Waals surface area (Å²) in [6.45, 7) is -1.11. The summed E-state index contributed by atoms with van der Waals surface area (Å²) in [4.78, 5) is 22.2. The summed E-state index contributed by atoms with van der Waals surface area (Å²) >= 11 is 0. The molecule has 0 rings (SSSR count). The average molecular weight is 287 g/mol. The molecular weight excluding hydrogens is 262 g/mol. The van der Waals surface area contributed by atoms with E-state index in [1.807, 2.05) is 0 Å². The summed E-state index contributed by atoms with van der Waals surface area (Å²) in [5.74, 6) is -1.94. The van der Waals surface area contributed by atoms with Gasteiger partial charge in [-0.2, -0.15) is 0 Å². The number of aliphatic carboxylic acids is 1. The first-order chi connectivity index (χ1) is 8.85. The number of quaternary nitrogens is 1. The van der Waals surface area contributed by atoms with Crippen LogP contribution >= 0.6 is 0 Å². The molecule has 0 aromatic carbocycles. The van der Waals surface area contributed by atoms with Crippen molar-refractivity contribution in [2.45, 2.75) is 32.0 Å². The highest BCUT2D eigenvalue weighted by atomic mass is 35.5. The number of aliphatic hydroxyl groups is 1. The highest BCUT2D eigenvalue weighted by Gasteiger charge is 2.25. The number of rotatable bonds is 7. The van der Waals surface area contributed by atoms with Crippen molar-refractivity contribution in [2.24, 2.45) is 0 Å². The SMILES string of the molecule is [2H]C([2H])([2H])[N+](C)(C)C[C@@H](CC(=O)O)OC(=O)CC(C)O.[Cl-]. The molecule has 0 aliphatic rings. The molecule has 0 aromatic heterocycles. The lowest BCUT2D eigenvalue weighted by Crippen LogP contribution is -3.00. The fraction of sp³-hybridized carbons (Fsp3) is 0.818. The van der Waals surface area contributed by atoms with Crippen molar-refractivity contribution < 1.29 is 45.5 Å². The average Bonchev–Trinajstić information content (AvgIpc) is 2.10. The van der Waals surface area contributed by atoms with E-state index in [9.17, 15) is 9.59 Å². The summed E-state index contributed by atoms with van der Waals surface area (Å²) in [5, 5.41) is 17.9. The number of carbonyl (C=O) groups is 2. The van der Waals surface area contributed by atoms with Gasteiger partial charge in [-0.1, -0.05) is 0 Å². The van der Waals surface area contributed by atoms with E-state index in [0.717, 1.165) is 0 Å². The number of aliphatic hydroxyl groups excluding tert-OH is 1. The van der Waals surface area contributed by atoms with Gasteiger partial charge in [0, 0.05) is 0 Å². The largest absolute Gasteiger partial charge is 1.00 e. The Kier molecular flexibility index (Phi) is 6.25. The quantitative estimate of drug-likeness (QED) is 0.382. The van der Waals surface area contributed by atoms with Gasteiger partial charge in [0.25, 0.3) is 0 Å². The highest BCUT2D eigenvalue weighted by molar-refractivity contribution is 5.71. The number of hydrogen-bond acceptors (Lipinski definition) is 4. The molecule has 7 heteroatoms. The van der Waals surface area contributed by atoms with Crippen LogP contribution < -0.4 is 12.4 Å². The van der Waals surface area contributed by atoms with E-state index in [2.05, 4.69) is 0 Å². The van der Waals surface area contributed by atoms with E-state index in [-0.39, 0.29) is 25.4 Å². The number of hydrogen-bond donors (Lipinski definition) is 2. The summed E-state index contributed by atoms with van der Waals surface area (Å²) in [6.07, 6.45) is -2.71. The number of carbonyl (C=O) groups excluding carboxylic acids is 1. The summed E-state index contributed by atoms with van der Waals surface area (Å²) in [5.41, 5.74) is 0. The van der Waals surface area contributed by atoms with Gasteiger partial charge < -0.3 is 31.8 Å². The van der Waals surface area contributed by atoms with E-state index >= 15 is 0 Å². The number of esters is 1. The standard InChI is InChI=1S/C11H21NO5.ClH/c1-8(13)5-11(16)17-9(6-10(14)15)7-12(2,3)4;/h8-9,13H,5-7H2,1-4H3;1H/t8?,9-;/m1./s1/i2D3;.